The minimum atomic E-state index is 0.184. The van der Waals surface area contributed by atoms with Gasteiger partial charge in [-0.05, 0) is 37.4 Å². The van der Waals surface area contributed by atoms with E-state index in [4.69, 9.17) is 9.26 Å². The van der Waals surface area contributed by atoms with Crippen LogP contribution in [0.5, 0.6) is 5.75 Å². The number of benzene rings is 1. The zero-order valence-corrected chi connectivity index (χ0v) is 11.2. The van der Waals surface area contributed by atoms with Gasteiger partial charge in [-0.25, -0.2) is 0 Å². The Morgan fingerprint density at radius 1 is 1.25 bits per heavy atom. The molecule has 5 nitrogen and oxygen atoms in total. The van der Waals surface area contributed by atoms with Gasteiger partial charge in [-0.15, -0.1) is 0 Å². The number of ether oxygens (including phenoxy) is 1. The first-order chi connectivity index (χ1) is 9.90. The van der Waals surface area contributed by atoms with Crippen LogP contribution >= 0.6 is 0 Å². The topological polar surface area (TPSA) is 60.2 Å². The van der Waals surface area contributed by atoms with Crippen molar-refractivity contribution in [3.8, 4) is 5.75 Å². The van der Waals surface area contributed by atoms with E-state index >= 15 is 0 Å². The van der Waals surface area contributed by atoms with Crippen molar-refractivity contribution in [3.05, 3.63) is 41.5 Å². The maximum Gasteiger partial charge on any atom is 0.243 e. The number of rotatable bonds is 2. The highest BCUT2D eigenvalue weighted by Crippen LogP contribution is 2.31. The lowest BCUT2D eigenvalue weighted by atomic mass is 9.96. The smallest absolute Gasteiger partial charge is 0.243 e. The van der Waals surface area contributed by atoms with Crippen LogP contribution in [0.15, 0.2) is 28.8 Å². The predicted molar refractivity (Wildman–Crippen MR) is 72.7 cm³/mol. The van der Waals surface area contributed by atoms with Gasteiger partial charge in [0.1, 0.15) is 5.75 Å². The first-order valence-electron chi connectivity index (χ1n) is 7.18. The molecule has 0 aliphatic carbocycles. The van der Waals surface area contributed by atoms with E-state index in [9.17, 15) is 0 Å². The number of fused-ring (bicyclic) bond motifs is 1. The van der Waals surface area contributed by atoms with Crippen LogP contribution < -0.4 is 10.1 Å². The second-order valence-electron chi connectivity index (χ2n) is 5.46. The van der Waals surface area contributed by atoms with Crippen LogP contribution in [0.25, 0.3) is 0 Å². The van der Waals surface area contributed by atoms with E-state index in [2.05, 4.69) is 21.5 Å². The van der Waals surface area contributed by atoms with E-state index in [1.165, 1.54) is 12.0 Å². The van der Waals surface area contributed by atoms with Crippen LogP contribution in [0.2, 0.25) is 0 Å². The molecule has 0 spiro atoms. The fourth-order valence-corrected chi connectivity index (χ4v) is 2.94. The molecular weight excluding hydrogens is 254 g/mol. The fraction of sp³-hybridized carbons (Fsp3) is 0.467. The van der Waals surface area contributed by atoms with Crippen molar-refractivity contribution in [3.63, 3.8) is 0 Å². The van der Waals surface area contributed by atoms with Gasteiger partial charge >= 0.3 is 0 Å². The molecule has 0 radical (unpaired) electrons. The number of aromatic nitrogens is 2. The average Bonchev–Trinajstić information content (AvgIpc) is 3.17. The molecule has 1 fully saturated rings. The van der Waals surface area contributed by atoms with Crippen molar-refractivity contribution >= 4 is 0 Å². The lowest BCUT2D eigenvalue weighted by molar-refractivity contribution is 0.253. The summed E-state index contributed by atoms with van der Waals surface area (Å²) in [6.45, 7) is 1.65. The van der Waals surface area contributed by atoms with Crippen molar-refractivity contribution in [2.75, 3.05) is 13.2 Å². The zero-order chi connectivity index (χ0) is 13.4. The summed E-state index contributed by atoms with van der Waals surface area (Å²) in [6, 6.07) is 8.37. The van der Waals surface area contributed by atoms with Gasteiger partial charge in [-0.2, -0.15) is 4.98 Å². The Morgan fingerprint density at radius 3 is 3.10 bits per heavy atom. The highest BCUT2D eigenvalue weighted by Gasteiger charge is 2.28. The first-order valence-corrected chi connectivity index (χ1v) is 7.18. The molecule has 4 rings (SSSR count). The van der Waals surface area contributed by atoms with Gasteiger partial charge in [-0.3, -0.25) is 0 Å². The summed E-state index contributed by atoms with van der Waals surface area (Å²) in [7, 11) is 0. The Kier molecular flexibility index (Phi) is 2.92. The summed E-state index contributed by atoms with van der Waals surface area (Å²) in [5, 5.41) is 7.53. The van der Waals surface area contributed by atoms with Crippen molar-refractivity contribution in [2.24, 2.45) is 0 Å². The summed E-state index contributed by atoms with van der Waals surface area (Å²) in [6.07, 6.45) is 3.15. The zero-order valence-electron chi connectivity index (χ0n) is 11.2. The normalized spacial score (nSPS) is 25.2. The molecule has 1 saturated heterocycles. The number of nitrogens with zero attached hydrogens (tertiary/aromatic N) is 2. The van der Waals surface area contributed by atoms with Crippen LogP contribution in [-0.4, -0.2) is 23.3 Å². The SMILES string of the molecule is c1ccc2c(c1)CC(c1noc(C3CCCN3)n1)CO2. The van der Waals surface area contributed by atoms with Crippen LogP contribution in [0, 0.1) is 0 Å². The predicted octanol–water partition coefficient (Wildman–Crippen LogP) is 2.21. The van der Waals surface area contributed by atoms with Gasteiger partial charge in [0.15, 0.2) is 5.82 Å². The lowest BCUT2D eigenvalue weighted by Gasteiger charge is -2.22. The monoisotopic (exact) mass is 271 g/mol. The number of para-hydroxylation sites is 1. The minimum Gasteiger partial charge on any atom is -0.493 e. The Morgan fingerprint density at radius 2 is 2.20 bits per heavy atom. The maximum absolute atomic E-state index is 5.79. The standard InChI is InChI=1S/C15H17N3O2/c1-2-6-13-10(4-1)8-11(9-19-13)14-17-15(20-18-14)12-5-3-7-16-12/h1-2,4,6,11-12,16H,3,5,7-9H2. The van der Waals surface area contributed by atoms with Gasteiger partial charge in [-0.1, -0.05) is 23.4 Å². The summed E-state index contributed by atoms with van der Waals surface area (Å²) in [5.74, 6) is 2.65. The Bertz CT molecular complexity index is 605. The van der Waals surface area contributed by atoms with Crippen LogP contribution in [0.1, 0.15) is 42.1 Å². The second-order valence-corrected chi connectivity index (χ2v) is 5.46. The summed E-state index contributed by atoms with van der Waals surface area (Å²) in [4.78, 5) is 4.57. The van der Waals surface area contributed by atoms with Crippen molar-refractivity contribution < 1.29 is 9.26 Å². The van der Waals surface area contributed by atoms with Crippen molar-refractivity contribution in [1.82, 2.24) is 15.5 Å². The summed E-state index contributed by atoms with van der Waals surface area (Å²) >= 11 is 0. The number of hydrogen-bond donors (Lipinski definition) is 1. The van der Waals surface area contributed by atoms with E-state index in [-0.39, 0.29) is 12.0 Å². The first kappa shape index (κ1) is 11.9. The van der Waals surface area contributed by atoms with E-state index in [1.807, 2.05) is 18.2 Å². The Labute approximate surface area is 117 Å². The maximum atomic E-state index is 5.79. The molecule has 104 valence electrons. The largest absolute Gasteiger partial charge is 0.493 e. The minimum absolute atomic E-state index is 0.184. The Balaban J connectivity index is 1.54. The summed E-state index contributed by atoms with van der Waals surface area (Å²) in [5.41, 5.74) is 1.22. The third-order valence-corrected chi connectivity index (χ3v) is 4.06. The van der Waals surface area contributed by atoms with Crippen LogP contribution in [0.4, 0.5) is 0 Å². The van der Waals surface area contributed by atoms with Gasteiger partial charge in [0, 0.05) is 0 Å². The molecule has 1 N–H and O–H groups in total. The molecule has 1 aromatic carbocycles. The van der Waals surface area contributed by atoms with E-state index in [0.717, 1.165) is 36.9 Å². The quantitative estimate of drug-likeness (QED) is 0.907. The van der Waals surface area contributed by atoms with E-state index in [1.54, 1.807) is 0 Å². The number of nitrogens with one attached hydrogen (secondary N) is 1. The molecular formula is C15H17N3O2. The molecule has 2 aliphatic rings. The molecule has 20 heavy (non-hydrogen) atoms. The average molecular weight is 271 g/mol. The van der Waals surface area contributed by atoms with E-state index < -0.39 is 0 Å². The van der Waals surface area contributed by atoms with Gasteiger partial charge in [0.05, 0.1) is 18.6 Å². The third kappa shape index (κ3) is 2.08. The van der Waals surface area contributed by atoms with E-state index in [0.29, 0.717) is 6.61 Å². The molecule has 2 aliphatic heterocycles. The van der Waals surface area contributed by atoms with Gasteiger partial charge in [0.2, 0.25) is 5.89 Å². The highest BCUT2D eigenvalue weighted by molar-refractivity contribution is 5.36. The van der Waals surface area contributed by atoms with Gasteiger partial charge in [0.25, 0.3) is 0 Å². The van der Waals surface area contributed by atoms with Crippen molar-refractivity contribution in [1.29, 1.82) is 0 Å². The molecule has 3 heterocycles. The van der Waals surface area contributed by atoms with Gasteiger partial charge < -0.3 is 14.6 Å². The third-order valence-electron chi connectivity index (χ3n) is 4.06. The highest BCUT2D eigenvalue weighted by atomic mass is 16.5. The number of hydrogen-bond acceptors (Lipinski definition) is 5. The molecule has 0 saturated carbocycles. The van der Waals surface area contributed by atoms with Crippen LogP contribution in [0.3, 0.4) is 0 Å². The molecule has 1 aromatic heterocycles. The molecule has 5 heteroatoms. The fourth-order valence-electron chi connectivity index (χ4n) is 2.94. The molecule has 0 amide bonds. The van der Waals surface area contributed by atoms with Crippen LogP contribution in [-0.2, 0) is 6.42 Å². The molecule has 2 atom stereocenters. The lowest BCUT2D eigenvalue weighted by Crippen LogP contribution is -2.20. The molecule has 2 unspecified atom stereocenters. The second kappa shape index (κ2) is 4.90. The Hall–Kier alpha value is -1.88. The molecule has 2 aromatic rings. The van der Waals surface area contributed by atoms with Crippen molar-refractivity contribution in [2.45, 2.75) is 31.2 Å². The summed E-state index contributed by atoms with van der Waals surface area (Å²) < 4.78 is 11.2. The molecule has 0 bridgehead atoms.